The van der Waals surface area contributed by atoms with Crippen LogP contribution in [0.4, 0.5) is 24.5 Å². The van der Waals surface area contributed by atoms with Gasteiger partial charge in [0.2, 0.25) is 5.78 Å². The minimum atomic E-state index is -4.84. The van der Waals surface area contributed by atoms with Crippen molar-refractivity contribution in [3.8, 4) is 11.5 Å². The number of carbonyl (C=O) groups excluding carboxylic acids is 3. The van der Waals surface area contributed by atoms with Crippen LogP contribution in [0.15, 0.2) is 53.0 Å². The van der Waals surface area contributed by atoms with E-state index in [-0.39, 0.29) is 36.2 Å². The Bertz CT molecular complexity index is 1700. The largest absolute Gasteiger partial charge is 0.573 e. The highest BCUT2D eigenvalue weighted by atomic mass is 19.4. The molecule has 0 bridgehead atoms. The highest BCUT2D eigenvalue weighted by Gasteiger charge is 2.63. The molecule has 1 amide bonds. The number of nitrogens with zero attached hydrogens (tertiary/aromatic N) is 2. The van der Waals surface area contributed by atoms with Crippen molar-refractivity contribution in [2.24, 2.45) is 17.6 Å². The number of aliphatic hydroxyl groups excluding tert-OH is 2. The number of carbonyl (C=O) groups is 3. The van der Waals surface area contributed by atoms with Gasteiger partial charge in [-0.3, -0.25) is 19.3 Å². The van der Waals surface area contributed by atoms with Gasteiger partial charge in [0.05, 0.1) is 17.3 Å². The third-order valence-corrected chi connectivity index (χ3v) is 8.82. The van der Waals surface area contributed by atoms with Crippen molar-refractivity contribution in [1.29, 1.82) is 0 Å². The van der Waals surface area contributed by atoms with Crippen molar-refractivity contribution in [3.05, 3.63) is 69.7 Å². The monoisotopic (exact) mass is 646 g/mol. The third kappa shape index (κ3) is 5.18. The van der Waals surface area contributed by atoms with Gasteiger partial charge in [0, 0.05) is 37.8 Å². The van der Waals surface area contributed by atoms with E-state index in [1.165, 1.54) is 17.0 Å². The van der Waals surface area contributed by atoms with Crippen LogP contribution in [0.1, 0.15) is 27.9 Å². The number of Topliss-reactive ketones (excluding diaryl/α,β-unsaturated/α-hetero) is 2. The van der Waals surface area contributed by atoms with Gasteiger partial charge in [-0.25, -0.2) is 0 Å². The number of halogens is 3. The van der Waals surface area contributed by atoms with Crippen LogP contribution in [0.25, 0.3) is 0 Å². The molecule has 0 saturated heterocycles. The first-order valence-electron chi connectivity index (χ1n) is 14.2. The second-order valence-corrected chi connectivity index (χ2v) is 12.0. The number of hydrogen-bond donors (Lipinski definition) is 6. The van der Waals surface area contributed by atoms with Crippen molar-refractivity contribution in [1.82, 2.24) is 4.90 Å². The lowest BCUT2D eigenvalue weighted by Crippen LogP contribution is -2.63. The molecule has 2 aromatic carbocycles. The smallest absolute Gasteiger partial charge is 0.510 e. The average Bonchev–Trinajstić information content (AvgIpc) is 2.94. The van der Waals surface area contributed by atoms with Gasteiger partial charge in [-0.2, -0.15) is 0 Å². The lowest BCUT2D eigenvalue weighted by Gasteiger charge is -2.50. The summed E-state index contributed by atoms with van der Waals surface area (Å²) in [6, 6.07) is 5.55. The highest BCUT2D eigenvalue weighted by Crippen LogP contribution is 2.54. The van der Waals surface area contributed by atoms with E-state index in [9.17, 15) is 48.0 Å². The molecular weight excluding hydrogens is 613 g/mol. The standard InChI is InChI=1S/C31H33F3N4O8/c1-37(2)19-11-18(36-12-13-5-7-15(8-6-13)46-31(32,33)34)24(39)21-16(19)9-14-10-17-23(38(3)4)26(41)22(29(35)44)28(43)30(17,45)27(42)20(14)25(21)40/h5-8,11,14,17,23,36,39,41-42,45H,9-10,12H2,1-4H3,(H2,35,44)/t14-,17-,23-,30-/m0/s1. The van der Waals surface area contributed by atoms with Crippen molar-refractivity contribution in [2.75, 3.05) is 38.4 Å². The Hall–Kier alpha value is -4.76. The zero-order valence-electron chi connectivity index (χ0n) is 25.3. The number of aromatic hydroxyl groups is 1. The van der Waals surface area contributed by atoms with E-state index in [1.54, 1.807) is 39.2 Å². The molecule has 4 atom stereocenters. The summed E-state index contributed by atoms with van der Waals surface area (Å²) >= 11 is 0. The lowest BCUT2D eigenvalue weighted by molar-refractivity contribution is -0.274. The number of benzene rings is 2. The van der Waals surface area contributed by atoms with Crippen molar-refractivity contribution < 1.29 is 52.7 Å². The third-order valence-electron chi connectivity index (χ3n) is 8.82. The SMILES string of the molecule is CN(C)c1cc(NCc2ccc(OC(F)(F)F)cc2)c(O)c2c1C[C@H]1C[C@H]3[C@H](N(C)C)C(O)=C(C(N)=O)C(=O)[C@@]3(O)C(O)=C1C2=O. The number of nitrogens with one attached hydrogen (secondary N) is 1. The van der Waals surface area contributed by atoms with E-state index in [0.29, 0.717) is 16.8 Å². The normalized spacial score (nSPS) is 24.4. The number of phenols is 1. The number of rotatable bonds is 7. The molecule has 246 valence electrons. The van der Waals surface area contributed by atoms with Gasteiger partial charge in [-0.15, -0.1) is 13.2 Å². The molecule has 7 N–H and O–H groups in total. The molecule has 0 aliphatic heterocycles. The fraction of sp³-hybridized carbons (Fsp3) is 0.387. The number of ether oxygens (including phenoxy) is 1. The van der Waals surface area contributed by atoms with Gasteiger partial charge < -0.3 is 41.1 Å². The summed E-state index contributed by atoms with van der Waals surface area (Å²) in [6.07, 6.45) is -4.79. The average molecular weight is 647 g/mol. The summed E-state index contributed by atoms with van der Waals surface area (Å²) in [5, 5.41) is 48.6. The molecule has 0 fully saturated rings. The van der Waals surface area contributed by atoms with Crippen LogP contribution in [-0.4, -0.2) is 89.0 Å². The quantitative estimate of drug-likeness (QED) is 0.192. The van der Waals surface area contributed by atoms with Gasteiger partial charge in [0.15, 0.2) is 11.4 Å². The first kappa shape index (κ1) is 32.6. The number of nitrogens with two attached hydrogens (primary N) is 1. The second-order valence-electron chi connectivity index (χ2n) is 12.0. The Balaban J connectivity index is 1.56. The number of ketones is 2. The maximum atomic E-state index is 14.1. The minimum Gasteiger partial charge on any atom is -0.510 e. The maximum Gasteiger partial charge on any atom is 0.573 e. The van der Waals surface area contributed by atoms with Crippen LogP contribution in [0, 0.1) is 11.8 Å². The molecule has 5 rings (SSSR count). The molecule has 3 aliphatic carbocycles. The first-order chi connectivity index (χ1) is 21.4. The molecule has 0 spiro atoms. The molecule has 0 saturated carbocycles. The van der Waals surface area contributed by atoms with E-state index >= 15 is 0 Å². The molecule has 0 heterocycles. The van der Waals surface area contributed by atoms with Crippen LogP contribution in [-0.2, 0) is 22.6 Å². The Morgan fingerprint density at radius 3 is 2.28 bits per heavy atom. The van der Waals surface area contributed by atoms with Crippen LogP contribution < -0.4 is 20.7 Å². The van der Waals surface area contributed by atoms with Crippen LogP contribution in [0.2, 0.25) is 0 Å². The molecule has 0 aromatic heterocycles. The van der Waals surface area contributed by atoms with Gasteiger partial charge >= 0.3 is 6.36 Å². The Labute approximate surface area is 261 Å². The minimum absolute atomic E-state index is 0.0316. The Morgan fingerprint density at radius 1 is 1.11 bits per heavy atom. The molecule has 2 aromatic rings. The number of hydrogen-bond acceptors (Lipinski definition) is 11. The highest BCUT2D eigenvalue weighted by molar-refractivity contribution is 6.25. The number of aliphatic hydroxyl groups is 3. The molecule has 0 unspecified atom stereocenters. The zero-order valence-corrected chi connectivity index (χ0v) is 25.3. The second kappa shape index (κ2) is 11.2. The number of amides is 1. The summed E-state index contributed by atoms with van der Waals surface area (Å²) in [4.78, 5) is 43.0. The molecule has 15 heteroatoms. The Kier molecular flexibility index (Phi) is 7.97. The van der Waals surface area contributed by atoms with E-state index in [4.69, 9.17) is 5.73 Å². The number of alkyl halides is 3. The number of likely N-dealkylation sites (N-methyl/N-ethyl adjacent to an activating group) is 1. The van der Waals surface area contributed by atoms with Crippen molar-refractivity contribution in [2.45, 2.75) is 37.4 Å². The summed E-state index contributed by atoms with van der Waals surface area (Å²) in [5.41, 5.74) is 2.86. The summed E-state index contributed by atoms with van der Waals surface area (Å²) in [5.74, 6) is -7.89. The maximum absolute atomic E-state index is 14.1. The molecular formula is C31H33F3N4O8. The van der Waals surface area contributed by atoms with Gasteiger partial charge in [0.1, 0.15) is 28.6 Å². The molecule has 12 nitrogen and oxygen atoms in total. The number of primary amides is 1. The fourth-order valence-corrected chi connectivity index (χ4v) is 6.84. The summed E-state index contributed by atoms with van der Waals surface area (Å²) < 4.78 is 41.4. The summed E-state index contributed by atoms with van der Waals surface area (Å²) in [7, 11) is 6.54. The van der Waals surface area contributed by atoms with Crippen LogP contribution >= 0.6 is 0 Å². The molecule has 0 radical (unpaired) electrons. The van der Waals surface area contributed by atoms with E-state index in [0.717, 1.165) is 12.1 Å². The van der Waals surface area contributed by atoms with Crippen molar-refractivity contribution in [3.63, 3.8) is 0 Å². The van der Waals surface area contributed by atoms with E-state index in [1.807, 2.05) is 0 Å². The molecule has 46 heavy (non-hydrogen) atoms. The predicted octanol–water partition coefficient (Wildman–Crippen LogP) is 2.70. The number of phenolic OH excluding ortho intramolecular Hbond substituents is 1. The van der Waals surface area contributed by atoms with Gasteiger partial charge in [0.25, 0.3) is 5.91 Å². The fourth-order valence-electron chi connectivity index (χ4n) is 6.84. The van der Waals surface area contributed by atoms with Gasteiger partial charge in [-0.05, 0) is 62.2 Å². The number of allylic oxidation sites excluding steroid dienone is 1. The number of anilines is 2. The predicted molar refractivity (Wildman–Crippen MR) is 158 cm³/mol. The number of fused-ring (bicyclic) bond motifs is 3. The Morgan fingerprint density at radius 2 is 1.74 bits per heavy atom. The van der Waals surface area contributed by atoms with Crippen molar-refractivity contribution >= 4 is 28.8 Å². The lowest BCUT2D eigenvalue weighted by atomic mass is 9.58. The summed E-state index contributed by atoms with van der Waals surface area (Å²) in [6.45, 7) is 0.0316. The zero-order chi connectivity index (χ0) is 34.0. The van der Waals surface area contributed by atoms with Crippen LogP contribution in [0.3, 0.4) is 0 Å². The van der Waals surface area contributed by atoms with Gasteiger partial charge in [-0.1, -0.05) is 12.1 Å². The molecule has 3 aliphatic rings. The van der Waals surface area contributed by atoms with Crippen LogP contribution in [0.5, 0.6) is 11.5 Å². The van der Waals surface area contributed by atoms with E-state index < -0.39 is 75.9 Å². The topological polar surface area (TPSA) is 186 Å². The van der Waals surface area contributed by atoms with E-state index in [2.05, 4.69) is 10.1 Å². The first-order valence-corrected chi connectivity index (χ1v) is 14.2.